The number of likely N-dealkylation sites (tertiary alicyclic amines) is 1. The van der Waals surface area contributed by atoms with Gasteiger partial charge in [0.2, 0.25) is 0 Å². The highest BCUT2D eigenvalue weighted by atomic mass is 15.3. The lowest BCUT2D eigenvalue weighted by Gasteiger charge is -2.20. The SMILES string of the molecule is C=C(C)CN=C(NCCCN1CCCCCC1)NCCn1cnnc1CC. The number of aliphatic imine (C=N–C) groups is 1. The van der Waals surface area contributed by atoms with E-state index in [0.717, 1.165) is 49.8 Å². The molecule has 0 atom stereocenters. The molecule has 152 valence electrons. The fraction of sp³-hybridized carbons (Fsp3) is 0.750. The normalized spacial score (nSPS) is 16.1. The molecule has 0 spiro atoms. The molecule has 1 aromatic rings. The summed E-state index contributed by atoms with van der Waals surface area (Å²) >= 11 is 0. The Balaban J connectivity index is 1.72. The van der Waals surface area contributed by atoms with E-state index in [1.54, 1.807) is 6.33 Å². The molecule has 1 aliphatic heterocycles. The van der Waals surface area contributed by atoms with Crippen LogP contribution < -0.4 is 10.6 Å². The predicted molar refractivity (Wildman–Crippen MR) is 112 cm³/mol. The number of aryl methyl sites for hydroxylation is 1. The zero-order valence-electron chi connectivity index (χ0n) is 17.2. The lowest BCUT2D eigenvalue weighted by atomic mass is 10.2. The van der Waals surface area contributed by atoms with E-state index < -0.39 is 0 Å². The number of hydrogen-bond acceptors (Lipinski definition) is 4. The zero-order chi connectivity index (χ0) is 19.3. The van der Waals surface area contributed by atoms with Gasteiger partial charge in [-0.05, 0) is 45.8 Å². The van der Waals surface area contributed by atoms with Gasteiger partial charge < -0.3 is 20.1 Å². The molecule has 7 nitrogen and oxygen atoms in total. The minimum atomic E-state index is 0.647. The van der Waals surface area contributed by atoms with Crippen molar-refractivity contribution < 1.29 is 0 Å². The first-order chi connectivity index (χ1) is 13.2. The van der Waals surface area contributed by atoms with Gasteiger partial charge >= 0.3 is 0 Å². The van der Waals surface area contributed by atoms with Crippen LogP contribution in [0.5, 0.6) is 0 Å². The maximum Gasteiger partial charge on any atom is 0.191 e. The van der Waals surface area contributed by atoms with Gasteiger partial charge in [0, 0.05) is 26.1 Å². The van der Waals surface area contributed by atoms with Crippen LogP contribution >= 0.6 is 0 Å². The third-order valence-electron chi connectivity index (χ3n) is 4.81. The fourth-order valence-corrected chi connectivity index (χ4v) is 3.29. The summed E-state index contributed by atoms with van der Waals surface area (Å²) in [6.07, 6.45) is 9.31. The Kier molecular flexibility index (Phi) is 9.90. The maximum atomic E-state index is 4.62. The summed E-state index contributed by atoms with van der Waals surface area (Å²) in [6, 6.07) is 0. The number of hydrogen-bond donors (Lipinski definition) is 2. The van der Waals surface area contributed by atoms with Crippen molar-refractivity contribution >= 4 is 5.96 Å². The van der Waals surface area contributed by atoms with Crippen LogP contribution in [0.2, 0.25) is 0 Å². The fourth-order valence-electron chi connectivity index (χ4n) is 3.29. The lowest BCUT2D eigenvalue weighted by Crippen LogP contribution is -2.40. The molecule has 7 heteroatoms. The number of nitrogens with zero attached hydrogens (tertiary/aromatic N) is 5. The molecule has 27 heavy (non-hydrogen) atoms. The first-order valence-corrected chi connectivity index (χ1v) is 10.4. The van der Waals surface area contributed by atoms with Gasteiger partial charge in [-0.1, -0.05) is 31.9 Å². The molecule has 2 rings (SSSR count). The Hall–Kier alpha value is -1.89. The molecule has 2 N–H and O–H groups in total. The Morgan fingerprint density at radius 3 is 2.59 bits per heavy atom. The van der Waals surface area contributed by atoms with Gasteiger partial charge in [-0.15, -0.1) is 10.2 Å². The Morgan fingerprint density at radius 2 is 1.89 bits per heavy atom. The molecule has 1 saturated heterocycles. The lowest BCUT2D eigenvalue weighted by molar-refractivity contribution is 0.282. The summed E-state index contributed by atoms with van der Waals surface area (Å²) in [4.78, 5) is 7.23. The third kappa shape index (κ3) is 8.56. The van der Waals surface area contributed by atoms with Gasteiger partial charge in [0.1, 0.15) is 12.2 Å². The van der Waals surface area contributed by atoms with Crippen LogP contribution in [0, 0.1) is 0 Å². The van der Waals surface area contributed by atoms with E-state index in [9.17, 15) is 0 Å². The molecular weight excluding hydrogens is 338 g/mol. The van der Waals surface area contributed by atoms with Crippen molar-refractivity contribution in [3.05, 3.63) is 24.3 Å². The average Bonchev–Trinajstić information content (AvgIpc) is 2.95. The van der Waals surface area contributed by atoms with Crippen LogP contribution in [0.15, 0.2) is 23.5 Å². The van der Waals surface area contributed by atoms with Gasteiger partial charge in [-0.25, -0.2) is 4.99 Å². The van der Waals surface area contributed by atoms with Crippen LogP contribution in [0.3, 0.4) is 0 Å². The molecule has 0 radical (unpaired) electrons. The highest BCUT2D eigenvalue weighted by Crippen LogP contribution is 2.09. The largest absolute Gasteiger partial charge is 0.356 e. The molecule has 0 aromatic carbocycles. The minimum Gasteiger partial charge on any atom is -0.356 e. The van der Waals surface area contributed by atoms with E-state index in [0.29, 0.717) is 6.54 Å². The molecule has 2 heterocycles. The predicted octanol–water partition coefficient (Wildman–Crippen LogP) is 2.22. The van der Waals surface area contributed by atoms with Crippen LogP contribution in [0.4, 0.5) is 0 Å². The highest BCUT2D eigenvalue weighted by Gasteiger charge is 2.08. The van der Waals surface area contributed by atoms with Gasteiger partial charge in [-0.2, -0.15) is 0 Å². The van der Waals surface area contributed by atoms with Crippen LogP contribution in [-0.2, 0) is 13.0 Å². The summed E-state index contributed by atoms with van der Waals surface area (Å²) < 4.78 is 2.09. The van der Waals surface area contributed by atoms with Gasteiger partial charge in [0.05, 0.1) is 6.54 Å². The van der Waals surface area contributed by atoms with Crippen LogP contribution in [0.1, 0.15) is 51.8 Å². The van der Waals surface area contributed by atoms with Crippen molar-refractivity contribution in [3.8, 4) is 0 Å². The van der Waals surface area contributed by atoms with Crippen molar-refractivity contribution in [3.63, 3.8) is 0 Å². The van der Waals surface area contributed by atoms with E-state index in [-0.39, 0.29) is 0 Å². The molecule has 0 aliphatic carbocycles. The standard InChI is InChI=1S/C20H37N7/c1-4-19-25-24-17-27(19)15-11-22-20(23-16-18(2)3)21-10-9-14-26-12-7-5-6-8-13-26/h17H,2,4-16H2,1,3H3,(H2,21,22,23). The second-order valence-corrected chi connectivity index (χ2v) is 7.38. The molecule has 1 fully saturated rings. The van der Waals surface area contributed by atoms with E-state index in [4.69, 9.17) is 0 Å². The van der Waals surface area contributed by atoms with Crippen LogP contribution in [0.25, 0.3) is 0 Å². The summed E-state index contributed by atoms with van der Waals surface area (Å²) in [7, 11) is 0. The van der Waals surface area contributed by atoms with E-state index in [2.05, 4.69) is 48.8 Å². The highest BCUT2D eigenvalue weighted by molar-refractivity contribution is 5.79. The third-order valence-corrected chi connectivity index (χ3v) is 4.81. The number of rotatable bonds is 10. The molecule has 0 amide bonds. The monoisotopic (exact) mass is 375 g/mol. The molecule has 1 aromatic heterocycles. The summed E-state index contributed by atoms with van der Waals surface area (Å²) in [5.74, 6) is 1.88. The van der Waals surface area contributed by atoms with Gasteiger partial charge in [0.15, 0.2) is 5.96 Å². The zero-order valence-corrected chi connectivity index (χ0v) is 17.2. The molecule has 0 bridgehead atoms. The quantitative estimate of drug-likeness (QED) is 0.284. The van der Waals surface area contributed by atoms with Crippen molar-refractivity contribution in [1.82, 2.24) is 30.3 Å². The summed E-state index contributed by atoms with van der Waals surface area (Å²) in [5.41, 5.74) is 1.06. The van der Waals surface area contributed by atoms with Crippen LogP contribution in [-0.4, -0.2) is 64.9 Å². The van der Waals surface area contributed by atoms with E-state index >= 15 is 0 Å². The van der Waals surface area contributed by atoms with Gasteiger partial charge in [-0.3, -0.25) is 0 Å². The first kappa shape index (κ1) is 21.4. The summed E-state index contributed by atoms with van der Waals surface area (Å²) in [5, 5.41) is 15.0. The van der Waals surface area contributed by atoms with Crippen molar-refractivity contribution in [1.29, 1.82) is 0 Å². The maximum absolute atomic E-state index is 4.62. The van der Waals surface area contributed by atoms with Crippen molar-refractivity contribution in [2.45, 2.75) is 58.9 Å². The molecule has 1 aliphatic rings. The van der Waals surface area contributed by atoms with Crippen molar-refractivity contribution in [2.75, 3.05) is 39.3 Å². The van der Waals surface area contributed by atoms with E-state index in [1.807, 2.05) is 6.92 Å². The van der Waals surface area contributed by atoms with E-state index in [1.165, 1.54) is 45.3 Å². The molecule has 0 saturated carbocycles. The second-order valence-electron chi connectivity index (χ2n) is 7.38. The smallest absolute Gasteiger partial charge is 0.191 e. The van der Waals surface area contributed by atoms with Crippen molar-refractivity contribution in [2.24, 2.45) is 4.99 Å². The first-order valence-electron chi connectivity index (χ1n) is 10.4. The number of guanidine groups is 1. The number of nitrogens with one attached hydrogen (secondary N) is 2. The Labute approximate surface area is 164 Å². The summed E-state index contributed by atoms with van der Waals surface area (Å²) in [6.45, 7) is 14.9. The topological polar surface area (TPSA) is 70.4 Å². The molecule has 0 unspecified atom stereocenters. The second kappa shape index (κ2) is 12.5. The van der Waals surface area contributed by atoms with Gasteiger partial charge in [0.25, 0.3) is 0 Å². The molecular formula is C20H37N7. The number of aromatic nitrogens is 3. The Bertz CT molecular complexity index is 571. The Morgan fingerprint density at radius 1 is 1.15 bits per heavy atom. The average molecular weight is 376 g/mol. The minimum absolute atomic E-state index is 0.647.